The number of carbonyl (C=O) groups excluding carboxylic acids is 1. The van der Waals surface area contributed by atoms with Crippen molar-refractivity contribution >= 4 is 11.7 Å². The van der Waals surface area contributed by atoms with Gasteiger partial charge in [0.1, 0.15) is 0 Å². The number of carbonyl (C=O) groups is 1. The predicted molar refractivity (Wildman–Crippen MR) is 73.7 cm³/mol. The highest BCUT2D eigenvalue weighted by Gasteiger charge is 2.26. The van der Waals surface area contributed by atoms with Crippen LogP contribution in [-0.4, -0.2) is 25.7 Å². The molecular weight excluding hydrogens is 226 g/mol. The fourth-order valence-corrected chi connectivity index (χ4v) is 2.20. The fraction of sp³-hybridized carbons (Fsp3) is 0.500. The van der Waals surface area contributed by atoms with Gasteiger partial charge in [-0.1, -0.05) is 25.1 Å². The number of rotatable bonds is 3. The monoisotopic (exact) mass is 247 g/mol. The van der Waals surface area contributed by atoms with E-state index in [9.17, 15) is 4.79 Å². The molecule has 18 heavy (non-hydrogen) atoms. The van der Waals surface area contributed by atoms with Crippen molar-refractivity contribution in [3.8, 4) is 0 Å². The Bertz CT molecular complexity index is 385. The van der Waals surface area contributed by atoms with E-state index in [1.54, 1.807) is 0 Å². The van der Waals surface area contributed by atoms with Crippen molar-refractivity contribution in [1.82, 2.24) is 10.6 Å². The zero-order chi connectivity index (χ0) is 12.8. The Kier molecular flexibility index (Phi) is 4.20. The van der Waals surface area contributed by atoms with Gasteiger partial charge in [-0.05, 0) is 43.5 Å². The van der Waals surface area contributed by atoms with Crippen LogP contribution in [0.1, 0.15) is 19.8 Å². The van der Waals surface area contributed by atoms with Crippen LogP contribution in [0.3, 0.4) is 0 Å². The second-order valence-electron chi connectivity index (χ2n) is 5.23. The van der Waals surface area contributed by atoms with Gasteiger partial charge in [0.25, 0.3) is 0 Å². The summed E-state index contributed by atoms with van der Waals surface area (Å²) in [4.78, 5) is 11.8. The Balaban J connectivity index is 1.78. The number of amides is 2. The molecule has 4 heteroatoms. The third kappa shape index (κ3) is 3.74. The van der Waals surface area contributed by atoms with Crippen molar-refractivity contribution in [2.24, 2.45) is 5.41 Å². The zero-order valence-corrected chi connectivity index (χ0v) is 10.8. The molecule has 1 fully saturated rings. The van der Waals surface area contributed by atoms with Crippen molar-refractivity contribution in [3.63, 3.8) is 0 Å². The van der Waals surface area contributed by atoms with Gasteiger partial charge in [-0.15, -0.1) is 0 Å². The standard InChI is InChI=1S/C14H21N3O/c1-14(7-9-15-10-8-14)11-16-13(18)17-12-5-3-2-4-6-12/h2-6,15H,7-11H2,1H3,(H2,16,17,18). The molecule has 1 aromatic rings. The quantitative estimate of drug-likeness (QED) is 0.767. The Morgan fingerprint density at radius 2 is 1.94 bits per heavy atom. The molecule has 1 heterocycles. The third-order valence-corrected chi connectivity index (χ3v) is 3.52. The normalized spacial score (nSPS) is 18.1. The Morgan fingerprint density at radius 3 is 2.61 bits per heavy atom. The van der Waals surface area contributed by atoms with E-state index in [1.165, 1.54) is 0 Å². The van der Waals surface area contributed by atoms with Gasteiger partial charge in [-0.2, -0.15) is 0 Å². The average molecular weight is 247 g/mol. The predicted octanol–water partition coefficient (Wildman–Crippen LogP) is 2.20. The lowest BCUT2D eigenvalue weighted by Gasteiger charge is -2.34. The average Bonchev–Trinajstić information content (AvgIpc) is 2.39. The van der Waals surface area contributed by atoms with Gasteiger partial charge < -0.3 is 16.0 Å². The van der Waals surface area contributed by atoms with Gasteiger partial charge in [0.2, 0.25) is 0 Å². The van der Waals surface area contributed by atoms with E-state index >= 15 is 0 Å². The molecule has 0 bridgehead atoms. The van der Waals surface area contributed by atoms with Crippen molar-refractivity contribution in [2.45, 2.75) is 19.8 Å². The first-order chi connectivity index (χ1) is 8.68. The maximum Gasteiger partial charge on any atom is 0.319 e. The zero-order valence-electron chi connectivity index (χ0n) is 10.8. The van der Waals surface area contributed by atoms with Crippen LogP contribution in [0.5, 0.6) is 0 Å². The van der Waals surface area contributed by atoms with Crippen LogP contribution in [-0.2, 0) is 0 Å². The minimum Gasteiger partial charge on any atom is -0.337 e. The maximum atomic E-state index is 11.8. The Labute approximate surface area is 108 Å². The Hall–Kier alpha value is -1.55. The summed E-state index contributed by atoms with van der Waals surface area (Å²) in [5, 5.41) is 9.14. The maximum absolute atomic E-state index is 11.8. The molecule has 2 rings (SSSR count). The lowest BCUT2D eigenvalue weighted by Crippen LogP contribution is -2.43. The van der Waals surface area contributed by atoms with Gasteiger partial charge in [0, 0.05) is 12.2 Å². The Morgan fingerprint density at radius 1 is 1.28 bits per heavy atom. The summed E-state index contributed by atoms with van der Waals surface area (Å²) in [6, 6.07) is 9.38. The molecule has 0 spiro atoms. The van der Waals surface area contributed by atoms with Crippen LogP contribution < -0.4 is 16.0 Å². The number of piperidine rings is 1. The minimum absolute atomic E-state index is 0.124. The molecule has 0 saturated carbocycles. The van der Waals surface area contributed by atoms with Crippen molar-refractivity contribution in [2.75, 3.05) is 25.0 Å². The molecule has 1 saturated heterocycles. The number of hydrogen-bond donors (Lipinski definition) is 3. The number of urea groups is 1. The van der Waals surface area contributed by atoms with Gasteiger partial charge in [0.05, 0.1) is 0 Å². The fourth-order valence-electron chi connectivity index (χ4n) is 2.20. The number of para-hydroxylation sites is 1. The van der Waals surface area contributed by atoms with E-state index in [-0.39, 0.29) is 11.4 Å². The smallest absolute Gasteiger partial charge is 0.319 e. The molecule has 0 aliphatic carbocycles. The van der Waals surface area contributed by atoms with Crippen LogP contribution >= 0.6 is 0 Å². The van der Waals surface area contributed by atoms with Crippen molar-refractivity contribution in [1.29, 1.82) is 0 Å². The van der Waals surface area contributed by atoms with Crippen molar-refractivity contribution in [3.05, 3.63) is 30.3 Å². The minimum atomic E-state index is -0.124. The summed E-state index contributed by atoms with van der Waals surface area (Å²) in [6.07, 6.45) is 2.22. The summed E-state index contributed by atoms with van der Waals surface area (Å²) < 4.78 is 0. The van der Waals surface area contributed by atoms with E-state index in [0.717, 1.165) is 38.2 Å². The first kappa shape index (κ1) is 12.9. The largest absolute Gasteiger partial charge is 0.337 e. The molecule has 1 aromatic carbocycles. The molecular formula is C14H21N3O. The third-order valence-electron chi connectivity index (χ3n) is 3.52. The van der Waals surface area contributed by atoms with Crippen LogP contribution in [0.15, 0.2) is 30.3 Å². The summed E-state index contributed by atoms with van der Waals surface area (Å²) >= 11 is 0. The molecule has 0 aromatic heterocycles. The van der Waals surface area contributed by atoms with E-state index in [2.05, 4.69) is 22.9 Å². The highest BCUT2D eigenvalue weighted by Crippen LogP contribution is 2.26. The van der Waals surface area contributed by atoms with Crippen LogP contribution in [0, 0.1) is 5.41 Å². The van der Waals surface area contributed by atoms with E-state index in [0.29, 0.717) is 0 Å². The molecule has 0 atom stereocenters. The number of anilines is 1. The summed E-state index contributed by atoms with van der Waals surface area (Å²) in [5.74, 6) is 0. The molecule has 1 aliphatic heterocycles. The van der Waals surface area contributed by atoms with Crippen LogP contribution in [0.25, 0.3) is 0 Å². The molecule has 4 nitrogen and oxygen atoms in total. The van der Waals surface area contributed by atoms with E-state index in [4.69, 9.17) is 0 Å². The summed E-state index contributed by atoms with van der Waals surface area (Å²) in [7, 11) is 0. The molecule has 98 valence electrons. The molecule has 3 N–H and O–H groups in total. The number of nitrogens with one attached hydrogen (secondary N) is 3. The molecule has 0 radical (unpaired) electrons. The van der Waals surface area contributed by atoms with Gasteiger partial charge in [-0.3, -0.25) is 0 Å². The number of hydrogen-bond acceptors (Lipinski definition) is 2. The lowest BCUT2D eigenvalue weighted by atomic mass is 9.81. The summed E-state index contributed by atoms with van der Waals surface area (Å²) in [6.45, 7) is 5.04. The highest BCUT2D eigenvalue weighted by molar-refractivity contribution is 5.89. The molecule has 0 unspecified atom stereocenters. The SMILES string of the molecule is CC1(CNC(=O)Nc2ccccc2)CCNCC1. The van der Waals surface area contributed by atoms with Crippen molar-refractivity contribution < 1.29 is 4.79 Å². The second-order valence-corrected chi connectivity index (χ2v) is 5.23. The van der Waals surface area contributed by atoms with E-state index < -0.39 is 0 Å². The van der Waals surface area contributed by atoms with Crippen LogP contribution in [0.2, 0.25) is 0 Å². The van der Waals surface area contributed by atoms with E-state index in [1.807, 2.05) is 30.3 Å². The van der Waals surface area contributed by atoms with Gasteiger partial charge in [0.15, 0.2) is 0 Å². The van der Waals surface area contributed by atoms with Gasteiger partial charge >= 0.3 is 6.03 Å². The summed E-state index contributed by atoms with van der Waals surface area (Å²) in [5.41, 5.74) is 1.05. The first-order valence-electron chi connectivity index (χ1n) is 6.49. The molecule has 2 amide bonds. The first-order valence-corrected chi connectivity index (χ1v) is 6.49. The second kappa shape index (κ2) is 5.87. The highest BCUT2D eigenvalue weighted by atomic mass is 16.2. The van der Waals surface area contributed by atoms with Gasteiger partial charge in [-0.25, -0.2) is 4.79 Å². The molecule has 1 aliphatic rings. The van der Waals surface area contributed by atoms with Crippen LogP contribution in [0.4, 0.5) is 10.5 Å². The number of benzene rings is 1. The topological polar surface area (TPSA) is 53.2 Å². The lowest BCUT2D eigenvalue weighted by molar-refractivity contribution is 0.213.